The number of nitrogens with zero attached hydrogens (tertiary/aromatic N) is 1. The average molecular weight is 374 g/mol. The second-order valence-corrected chi connectivity index (χ2v) is 7.12. The molecule has 7 nitrogen and oxygen atoms in total. The summed E-state index contributed by atoms with van der Waals surface area (Å²) >= 11 is 0. The van der Waals surface area contributed by atoms with E-state index < -0.39 is 21.7 Å². The van der Waals surface area contributed by atoms with Crippen LogP contribution in [0.25, 0.3) is 0 Å². The van der Waals surface area contributed by atoms with Crippen LogP contribution < -0.4 is 10.0 Å². The molecular weight excluding hydrogens is 359 g/mol. The molecule has 1 aromatic heterocycles. The highest BCUT2D eigenvalue weighted by molar-refractivity contribution is 7.92. The van der Waals surface area contributed by atoms with Gasteiger partial charge in [0.2, 0.25) is 0 Å². The lowest BCUT2D eigenvalue weighted by Gasteiger charge is -2.09. The predicted molar refractivity (Wildman–Crippen MR) is 94.9 cm³/mol. The zero-order valence-corrected chi connectivity index (χ0v) is 14.5. The molecule has 2 aromatic carbocycles. The minimum Gasteiger partial charge on any atom is -0.322 e. The molecule has 0 radical (unpaired) electrons. The number of carbonyl (C=O) groups is 1. The molecule has 0 saturated heterocycles. The number of anilines is 2. The molecule has 0 fully saturated rings. The number of halogens is 1. The number of hydrogen-bond donors (Lipinski definition) is 3. The molecule has 1 heterocycles. The first kappa shape index (κ1) is 17.6. The Balaban J connectivity index is 1.85. The van der Waals surface area contributed by atoms with Crippen LogP contribution in [0.3, 0.4) is 0 Å². The van der Waals surface area contributed by atoms with E-state index in [1.807, 2.05) is 0 Å². The monoisotopic (exact) mass is 374 g/mol. The predicted octanol–water partition coefficient (Wildman–Crippen LogP) is 2.91. The molecule has 0 aliphatic rings. The first-order chi connectivity index (χ1) is 12.4. The maximum absolute atomic E-state index is 13.3. The molecule has 134 valence electrons. The number of amides is 1. The molecule has 0 unspecified atom stereocenters. The Morgan fingerprint density at radius 1 is 1.12 bits per heavy atom. The molecule has 0 aliphatic heterocycles. The molecule has 0 spiro atoms. The summed E-state index contributed by atoms with van der Waals surface area (Å²) in [6.07, 6.45) is 1.12. The maximum Gasteiger partial charge on any atom is 0.279 e. The van der Waals surface area contributed by atoms with Crippen LogP contribution in [-0.2, 0) is 10.0 Å². The van der Waals surface area contributed by atoms with E-state index in [0.717, 1.165) is 6.20 Å². The Morgan fingerprint density at radius 3 is 2.54 bits per heavy atom. The zero-order valence-electron chi connectivity index (χ0n) is 13.7. The van der Waals surface area contributed by atoms with Gasteiger partial charge in [0, 0.05) is 11.4 Å². The Kier molecular flexibility index (Phi) is 4.72. The number of hydrogen-bond acceptors (Lipinski definition) is 4. The largest absolute Gasteiger partial charge is 0.322 e. The van der Waals surface area contributed by atoms with Crippen LogP contribution in [0.2, 0.25) is 0 Å². The summed E-state index contributed by atoms with van der Waals surface area (Å²) in [5, 5.41) is 8.16. The Morgan fingerprint density at radius 2 is 1.85 bits per heavy atom. The van der Waals surface area contributed by atoms with Gasteiger partial charge in [0.05, 0.1) is 11.8 Å². The number of aromatic nitrogens is 2. The summed E-state index contributed by atoms with van der Waals surface area (Å²) in [6, 6.07) is 12.3. The van der Waals surface area contributed by atoms with Crippen LogP contribution in [0.1, 0.15) is 15.9 Å². The lowest BCUT2D eigenvalue weighted by atomic mass is 10.2. The number of benzene rings is 2. The van der Waals surface area contributed by atoms with E-state index in [0.29, 0.717) is 16.9 Å². The van der Waals surface area contributed by atoms with Crippen molar-refractivity contribution >= 4 is 27.3 Å². The van der Waals surface area contributed by atoms with Crippen LogP contribution in [0.5, 0.6) is 0 Å². The number of nitrogens with one attached hydrogen (secondary N) is 3. The number of carbonyl (C=O) groups excluding carboxylic acids is 1. The van der Waals surface area contributed by atoms with Gasteiger partial charge in [0.25, 0.3) is 15.9 Å². The summed E-state index contributed by atoms with van der Waals surface area (Å²) in [4.78, 5) is 12.4. The lowest BCUT2D eigenvalue weighted by molar-refractivity contribution is 0.102. The highest BCUT2D eigenvalue weighted by atomic mass is 32.2. The number of rotatable bonds is 5. The lowest BCUT2D eigenvalue weighted by Crippen LogP contribution is -2.19. The summed E-state index contributed by atoms with van der Waals surface area (Å²) in [7, 11) is -4.04. The van der Waals surface area contributed by atoms with Crippen molar-refractivity contribution in [3.05, 3.63) is 71.7 Å². The van der Waals surface area contributed by atoms with E-state index in [2.05, 4.69) is 20.2 Å². The van der Waals surface area contributed by atoms with Gasteiger partial charge in [-0.25, -0.2) is 4.39 Å². The van der Waals surface area contributed by atoms with Crippen molar-refractivity contribution in [2.75, 3.05) is 10.0 Å². The van der Waals surface area contributed by atoms with E-state index >= 15 is 0 Å². The van der Waals surface area contributed by atoms with Crippen LogP contribution in [0, 0.1) is 12.7 Å². The number of aromatic amines is 1. The Bertz CT molecular complexity index is 1050. The molecule has 0 aliphatic carbocycles. The summed E-state index contributed by atoms with van der Waals surface area (Å²) in [5.41, 5.74) is 0.890. The van der Waals surface area contributed by atoms with Crippen molar-refractivity contribution in [3.8, 4) is 0 Å². The molecule has 9 heteroatoms. The van der Waals surface area contributed by atoms with E-state index in [9.17, 15) is 17.6 Å². The number of aryl methyl sites for hydroxylation is 1. The van der Waals surface area contributed by atoms with E-state index in [1.165, 1.54) is 18.2 Å². The van der Waals surface area contributed by atoms with Crippen LogP contribution in [-0.4, -0.2) is 24.5 Å². The summed E-state index contributed by atoms with van der Waals surface area (Å²) < 4.78 is 40.7. The summed E-state index contributed by atoms with van der Waals surface area (Å²) in [6.45, 7) is 1.56. The first-order valence-electron chi connectivity index (χ1n) is 7.55. The topological polar surface area (TPSA) is 104 Å². The fourth-order valence-corrected chi connectivity index (χ4v) is 3.43. The number of H-pyrrole nitrogens is 1. The smallest absolute Gasteiger partial charge is 0.279 e. The van der Waals surface area contributed by atoms with Crippen molar-refractivity contribution in [2.45, 2.75) is 11.9 Å². The standard InChI is InChI=1S/C17H15FN4O3S/c1-11-9-13(7-8-15(11)18)20-16(23)14-10-19-21-17(14)26(24,25)22-12-5-3-2-4-6-12/h2-10,22H,1H3,(H,19,21)(H,20,23). The third kappa shape index (κ3) is 3.72. The molecule has 0 saturated carbocycles. The molecule has 0 bridgehead atoms. The minimum absolute atomic E-state index is 0.157. The number of sulfonamides is 1. The number of para-hydroxylation sites is 1. The highest BCUT2D eigenvalue weighted by Gasteiger charge is 2.25. The normalized spacial score (nSPS) is 11.2. The average Bonchev–Trinajstić information content (AvgIpc) is 3.10. The SMILES string of the molecule is Cc1cc(NC(=O)c2cn[nH]c2S(=O)(=O)Nc2ccccc2)ccc1F. The van der Waals surface area contributed by atoms with Gasteiger partial charge in [0.15, 0.2) is 5.03 Å². The van der Waals surface area contributed by atoms with Gasteiger partial charge in [0.1, 0.15) is 5.82 Å². The third-order valence-corrected chi connectivity index (χ3v) is 4.91. The maximum atomic E-state index is 13.3. The van der Waals surface area contributed by atoms with Crippen LogP contribution in [0.4, 0.5) is 15.8 Å². The van der Waals surface area contributed by atoms with E-state index in [4.69, 9.17) is 0 Å². The van der Waals surface area contributed by atoms with Crippen molar-refractivity contribution in [3.63, 3.8) is 0 Å². The van der Waals surface area contributed by atoms with Gasteiger partial charge in [-0.1, -0.05) is 18.2 Å². The molecular formula is C17H15FN4O3S. The third-order valence-electron chi connectivity index (χ3n) is 3.56. The minimum atomic E-state index is -4.04. The molecule has 3 rings (SSSR count). The van der Waals surface area contributed by atoms with Crippen molar-refractivity contribution in [1.29, 1.82) is 0 Å². The Labute approximate surface area is 149 Å². The summed E-state index contributed by atoms with van der Waals surface area (Å²) in [5.74, 6) is -1.08. The molecule has 1 amide bonds. The molecule has 3 aromatic rings. The van der Waals surface area contributed by atoms with Crippen LogP contribution >= 0.6 is 0 Å². The zero-order chi connectivity index (χ0) is 18.7. The second-order valence-electron chi connectivity index (χ2n) is 5.50. The fourth-order valence-electron chi connectivity index (χ4n) is 2.27. The molecule has 0 atom stereocenters. The van der Waals surface area contributed by atoms with Crippen molar-refractivity contribution in [1.82, 2.24) is 10.2 Å². The van der Waals surface area contributed by atoms with Gasteiger partial charge in [-0.3, -0.25) is 14.6 Å². The first-order valence-corrected chi connectivity index (χ1v) is 9.04. The second kappa shape index (κ2) is 6.96. The van der Waals surface area contributed by atoms with Crippen molar-refractivity contribution in [2.24, 2.45) is 0 Å². The quantitative estimate of drug-likeness (QED) is 0.639. The van der Waals surface area contributed by atoms with Gasteiger partial charge < -0.3 is 5.32 Å². The van der Waals surface area contributed by atoms with E-state index in [1.54, 1.807) is 37.3 Å². The highest BCUT2D eigenvalue weighted by Crippen LogP contribution is 2.19. The fraction of sp³-hybridized carbons (Fsp3) is 0.0588. The van der Waals surface area contributed by atoms with E-state index in [-0.39, 0.29) is 10.6 Å². The molecule has 26 heavy (non-hydrogen) atoms. The van der Waals surface area contributed by atoms with Gasteiger partial charge in [-0.05, 0) is 42.8 Å². The van der Waals surface area contributed by atoms with Crippen LogP contribution in [0.15, 0.2) is 59.8 Å². The van der Waals surface area contributed by atoms with Crippen molar-refractivity contribution < 1.29 is 17.6 Å². The molecule has 3 N–H and O–H groups in total. The Hall–Kier alpha value is -3.20. The van der Waals surface area contributed by atoms with Gasteiger partial charge in [-0.15, -0.1) is 0 Å². The van der Waals surface area contributed by atoms with Gasteiger partial charge in [-0.2, -0.15) is 13.5 Å². The van der Waals surface area contributed by atoms with Gasteiger partial charge >= 0.3 is 0 Å².